The van der Waals surface area contributed by atoms with E-state index in [-0.39, 0.29) is 10.7 Å². The van der Waals surface area contributed by atoms with Gasteiger partial charge in [-0.25, -0.2) is 28.1 Å². The van der Waals surface area contributed by atoms with E-state index >= 15 is 0 Å². The molecule has 0 fully saturated rings. The number of rotatable bonds is 4. The predicted octanol–water partition coefficient (Wildman–Crippen LogP) is 1.51. The van der Waals surface area contributed by atoms with Crippen LogP contribution in [0.15, 0.2) is 54.2 Å². The molecule has 0 aliphatic rings. The second kappa shape index (κ2) is 5.70. The summed E-state index contributed by atoms with van der Waals surface area (Å²) in [6, 6.07) is 7.37. The summed E-state index contributed by atoms with van der Waals surface area (Å²) in [4.78, 5) is 11.7. The fourth-order valence-electron chi connectivity index (χ4n) is 1.69. The average molecular weight is 337 g/mol. The van der Waals surface area contributed by atoms with Crippen LogP contribution in [0.4, 0.5) is 5.82 Å². The van der Waals surface area contributed by atoms with E-state index in [2.05, 4.69) is 24.8 Å². The van der Waals surface area contributed by atoms with Crippen molar-refractivity contribution in [2.75, 3.05) is 4.72 Å². The smallest absolute Gasteiger partial charge is 0.263 e. The minimum absolute atomic E-state index is 0.0425. The number of sulfonamides is 1. The maximum absolute atomic E-state index is 12.3. The molecule has 0 saturated carbocycles. The van der Waals surface area contributed by atoms with Gasteiger partial charge in [-0.05, 0) is 18.2 Å². The molecule has 0 aliphatic carbocycles. The van der Waals surface area contributed by atoms with Crippen LogP contribution in [-0.2, 0) is 10.0 Å². The number of nitrogens with zero attached hydrogens (tertiary/aromatic N) is 5. The number of hydrogen-bond acceptors (Lipinski definition) is 6. The molecule has 22 heavy (non-hydrogen) atoms. The van der Waals surface area contributed by atoms with Crippen molar-refractivity contribution in [2.24, 2.45) is 0 Å². The lowest BCUT2D eigenvalue weighted by Gasteiger charge is -2.08. The summed E-state index contributed by atoms with van der Waals surface area (Å²) < 4.78 is 28.3. The van der Waals surface area contributed by atoms with E-state index in [4.69, 9.17) is 11.6 Å². The molecule has 10 heteroatoms. The Morgan fingerprint density at radius 3 is 2.73 bits per heavy atom. The first-order valence-corrected chi connectivity index (χ1v) is 7.86. The summed E-state index contributed by atoms with van der Waals surface area (Å²) in [5.41, 5.74) is 0. The van der Waals surface area contributed by atoms with Gasteiger partial charge in [0.05, 0.1) is 4.90 Å². The molecule has 0 spiro atoms. The van der Waals surface area contributed by atoms with E-state index in [1.165, 1.54) is 41.9 Å². The van der Waals surface area contributed by atoms with Crippen LogP contribution in [-0.4, -0.2) is 33.2 Å². The lowest BCUT2D eigenvalue weighted by Crippen LogP contribution is -2.14. The van der Waals surface area contributed by atoms with E-state index < -0.39 is 10.0 Å². The SMILES string of the molecule is O=S(=O)(Nc1cc(-n2cncn2)ncn1)c1cccc(Cl)c1. The molecule has 0 amide bonds. The van der Waals surface area contributed by atoms with Gasteiger partial charge in [0, 0.05) is 11.1 Å². The van der Waals surface area contributed by atoms with E-state index in [1.807, 2.05) is 0 Å². The molecule has 0 bridgehead atoms. The average Bonchev–Trinajstić information content (AvgIpc) is 3.01. The third kappa shape index (κ3) is 3.05. The largest absolute Gasteiger partial charge is 0.263 e. The van der Waals surface area contributed by atoms with Crippen molar-refractivity contribution >= 4 is 27.4 Å². The number of nitrogens with one attached hydrogen (secondary N) is 1. The second-order valence-corrected chi connectivity index (χ2v) is 6.28. The fraction of sp³-hybridized carbons (Fsp3) is 0. The van der Waals surface area contributed by atoms with Crippen molar-refractivity contribution in [3.63, 3.8) is 0 Å². The number of halogens is 1. The Hall–Kier alpha value is -2.52. The topological polar surface area (TPSA) is 103 Å². The minimum Gasteiger partial charge on any atom is -0.263 e. The van der Waals surface area contributed by atoms with Crippen molar-refractivity contribution in [3.8, 4) is 5.82 Å². The van der Waals surface area contributed by atoms with Gasteiger partial charge in [-0.1, -0.05) is 17.7 Å². The zero-order valence-electron chi connectivity index (χ0n) is 11.0. The summed E-state index contributed by atoms with van der Waals surface area (Å²) in [6.07, 6.45) is 4.02. The number of aromatic nitrogens is 5. The Morgan fingerprint density at radius 1 is 1.14 bits per heavy atom. The zero-order chi connectivity index (χ0) is 15.6. The highest BCUT2D eigenvalue weighted by atomic mass is 35.5. The third-order valence-electron chi connectivity index (χ3n) is 2.65. The Kier molecular flexibility index (Phi) is 3.73. The first-order valence-electron chi connectivity index (χ1n) is 6.00. The van der Waals surface area contributed by atoms with Gasteiger partial charge in [0.15, 0.2) is 5.82 Å². The number of hydrogen-bond donors (Lipinski definition) is 1. The van der Waals surface area contributed by atoms with Crippen molar-refractivity contribution in [1.29, 1.82) is 0 Å². The first kappa shape index (κ1) is 14.4. The van der Waals surface area contributed by atoms with Crippen LogP contribution >= 0.6 is 11.6 Å². The van der Waals surface area contributed by atoms with Crippen LogP contribution in [0.5, 0.6) is 0 Å². The molecular weight excluding hydrogens is 328 g/mol. The molecule has 0 atom stereocenters. The molecule has 0 radical (unpaired) electrons. The highest BCUT2D eigenvalue weighted by molar-refractivity contribution is 7.92. The van der Waals surface area contributed by atoms with Gasteiger partial charge in [-0.2, -0.15) is 5.10 Å². The fourth-order valence-corrected chi connectivity index (χ4v) is 2.99. The summed E-state index contributed by atoms with van der Waals surface area (Å²) in [7, 11) is -3.79. The van der Waals surface area contributed by atoms with Gasteiger partial charge >= 0.3 is 0 Å². The van der Waals surface area contributed by atoms with Crippen LogP contribution in [0.25, 0.3) is 5.82 Å². The monoisotopic (exact) mass is 336 g/mol. The highest BCUT2D eigenvalue weighted by Crippen LogP contribution is 2.18. The molecule has 8 nitrogen and oxygen atoms in total. The summed E-state index contributed by atoms with van der Waals surface area (Å²) in [6.45, 7) is 0. The number of anilines is 1. The quantitative estimate of drug-likeness (QED) is 0.774. The van der Waals surface area contributed by atoms with Gasteiger partial charge in [-0.3, -0.25) is 4.72 Å². The molecule has 112 valence electrons. The van der Waals surface area contributed by atoms with Crippen LogP contribution in [0.1, 0.15) is 0 Å². The number of benzene rings is 1. The molecule has 0 aliphatic heterocycles. The van der Waals surface area contributed by atoms with Gasteiger partial charge in [0.1, 0.15) is 24.8 Å². The molecule has 3 aromatic rings. The maximum Gasteiger partial charge on any atom is 0.263 e. The Balaban J connectivity index is 1.91. The zero-order valence-corrected chi connectivity index (χ0v) is 12.5. The highest BCUT2D eigenvalue weighted by Gasteiger charge is 2.15. The van der Waals surface area contributed by atoms with Crippen LogP contribution in [0.2, 0.25) is 5.02 Å². The van der Waals surface area contributed by atoms with Gasteiger partial charge in [0.25, 0.3) is 10.0 Å². The van der Waals surface area contributed by atoms with Crippen LogP contribution < -0.4 is 4.72 Å². The Morgan fingerprint density at radius 2 is 2.00 bits per heavy atom. The maximum atomic E-state index is 12.3. The molecule has 1 N–H and O–H groups in total. The minimum atomic E-state index is -3.79. The molecule has 2 heterocycles. The second-order valence-electron chi connectivity index (χ2n) is 4.16. The van der Waals surface area contributed by atoms with Gasteiger partial charge in [-0.15, -0.1) is 0 Å². The molecule has 1 aromatic carbocycles. The molecule has 0 saturated heterocycles. The molecule has 3 rings (SSSR count). The van der Waals surface area contributed by atoms with E-state index in [0.717, 1.165) is 0 Å². The first-order chi connectivity index (χ1) is 10.5. The van der Waals surface area contributed by atoms with E-state index in [9.17, 15) is 8.42 Å². The van der Waals surface area contributed by atoms with Gasteiger partial charge < -0.3 is 0 Å². The molecule has 0 unspecified atom stereocenters. The van der Waals surface area contributed by atoms with Crippen LogP contribution in [0.3, 0.4) is 0 Å². The normalized spacial score (nSPS) is 11.3. The van der Waals surface area contributed by atoms with E-state index in [0.29, 0.717) is 10.8 Å². The summed E-state index contributed by atoms with van der Waals surface area (Å²) in [5, 5.41) is 4.24. The van der Waals surface area contributed by atoms with Crippen molar-refractivity contribution in [2.45, 2.75) is 4.90 Å². The van der Waals surface area contributed by atoms with Crippen molar-refractivity contribution in [3.05, 3.63) is 54.3 Å². The predicted molar refractivity (Wildman–Crippen MR) is 79.2 cm³/mol. The third-order valence-corrected chi connectivity index (χ3v) is 4.24. The standard InChI is InChI=1S/C12H9ClN6O2S/c13-9-2-1-3-10(4-9)22(20,21)18-11-5-12(16-7-15-11)19-8-14-6-17-19/h1-8H,(H,15,16,18). The van der Waals surface area contributed by atoms with E-state index in [1.54, 1.807) is 12.1 Å². The van der Waals surface area contributed by atoms with Gasteiger partial charge in [0.2, 0.25) is 0 Å². The molecule has 2 aromatic heterocycles. The van der Waals surface area contributed by atoms with Crippen molar-refractivity contribution in [1.82, 2.24) is 24.7 Å². The lowest BCUT2D eigenvalue weighted by atomic mass is 10.4. The Labute approximate surface area is 130 Å². The summed E-state index contributed by atoms with van der Waals surface area (Å²) in [5.74, 6) is 0.497. The Bertz CT molecular complexity index is 897. The van der Waals surface area contributed by atoms with Crippen molar-refractivity contribution < 1.29 is 8.42 Å². The summed E-state index contributed by atoms with van der Waals surface area (Å²) >= 11 is 5.81. The molecular formula is C12H9ClN6O2S. The lowest BCUT2D eigenvalue weighted by molar-refractivity contribution is 0.601. The van der Waals surface area contributed by atoms with Crippen LogP contribution in [0, 0.1) is 0 Å².